The number of benzene rings is 1. The molecular formula is C18H20ClF2N3O2. The Balaban J connectivity index is 1.75. The van der Waals surface area contributed by atoms with E-state index in [2.05, 4.69) is 10.2 Å². The lowest BCUT2D eigenvalue weighted by atomic mass is 9.99. The number of amides is 1. The molecule has 2 heterocycles. The van der Waals surface area contributed by atoms with Crippen molar-refractivity contribution in [2.24, 2.45) is 10.2 Å². The van der Waals surface area contributed by atoms with Crippen LogP contribution >= 0.6 is 11.6 Å². The molecule has 0 spiro atoms. The molecule has 0 N–H and O–H groups in total. The quantitative estimate of drug-likeness (QED) is 0.761. The van der Waals surface area contributed by atoms with Gasteiger partial charge in [0.15, 0.2) is 5.82 Å². The topological polar surface area (TPSA) is 54.3 Å². The smallest absolute Gasteiger partial charge is 0.410 e. The van der Waals surface area contributed by atoms with Crippen LogP contribution in [0, 0.1) is 5.82 Å². The van der Waals surface area contributed by atoms with E-state index >= 15 is 0 Å². The van der Waals surface area contributed by atoms with Crippen LogP contribution < -0.4 is 0 Å². The predicted molar refractivity (Wildman–Crippen MR) is 96.2 cm³/mol. The first kappa shape index (κ1) is 18.8. The summed E-state index contributed by atoms with van der Waals surface area (Å²) < 4.78 is 33.5. The van der Waals surface area contributed by atoms with E-state index in [1.807, 2.05) is 0 Å². The van der Waals surface area contributed by atoms with E-state index in [0.29, 0.717) is 11.4 Å². The minimum absolute atomic E-state index is 0.00119. The number of rotatable bonds is 2. The minimum Gasteiger partial charge on any atom is -0.444 e. The monoisotopic (exact) mass is 383 g/mol. The molecule has 1 aromatic rings. The third kappa shape index (κ3) is 3.87. The van der Waals surface area contributed by atoms with Crippen molar-refractivity contribution < 1.29 is 18.3 Å². The van der Waals surface area contributed by atoms with Gasteiger partial charge in [-0.05, 0) is 26.8 Å². The zero-order chi connectivity index (χ0) is 19.1. The Kier molecular flexibility index (Phi) is 5.01. The lowest BCUT2D eigenvalue weighted by Crippen LogP contribution is -2.43. The Morgan fingerprint density at radius 1 is 1.35 bits per heavy atom. The van der Waals surface area contributed by atoms with Gasteiger partial charge in [0.1, 0.15) is 11.8 Å². The number of carbonyl (C=O) groups excluding carboxylic acids is 1. The van der Waals surface area contributed by atoms with Crippen LogP contribution in [0.4, 0.5) is 13.6 Å². The first-order valence-corrected chi connectivity index (χ1v) is 8.75. The van der Waals surface area contributed by atoms with Gasteiger partial charge in [0.05, 0.1) is 29.0 Å². The molecule has 1 fully saturated rings. The fraction of sp³-hybridized carbons (Fsp3) is 0.500. The molecule has 0 unspecified atom stereocenters. The third-order valence-electron chi connectivity index (χ3n) is 4.17. The van der Waals surface area contributed by atoms with Crippen LogP contribution in [-0.4, -0.2) is 46.8 Å². The molecule has 1 aromatic carbocycles. The number of halogens is 3. The third-order valence-corrected chi connectivity index (χ3v) is 4.46. The van der Waals surface area contributed by atoms with E-state index in [9.17, 15) is 13.6 Å². The van der Waals surface area contributed by atoms with Crippen molar-refractivity contribution in [3.63, 3.8) is 0 Å². The van der Waals surface area contributed by atoms with Gasteiger partial charge in [-0.15, -0.1) is 0 Å². The molecule has 8 heteroatoms. The maximum absolute atomic E-state index is 14.2. The molecule has 2 aliphatic heterocycles. The van der Waals surface area contributed by atoms with Gasteiger partial charge < -0.3 is 4.74 Å². The van der Waals surface area contributed by atoms with E-state index in [4.69, 9.17) is 16.3 Å². The maximum Gasteiger partial charge on any atom is 0.410 e. The van der Waals surface area contributed by atoms with Gasteiger partial charge in [0.25, 0.3) is 0 Å². The van der Waals surface area contributed by atoms with Gasteiger partial charge in [-0.3, -0.25) is 4.90 Å². The van der Waals surface area contributed by atoms with Gasteiger partial charge in [-0.1, -0.05) is 23.7 Å². The van der Waals surface area contributed by atoms with Crippen LogP contribution in [0.1, 0.15) is 39.2 Å². The van der Waals surface area contributed by atoms with Crippen molar-refractivity contribution in [1.29, 1.82) is 0 Å². The fourth-order valence-electron chi connectivity index (χ4n) is 3.05. The molecule has 1 amide bonds. The van der Waals surface area contributed by atoms with Gasteiger partial charge >= 0.3 is 6.09 Å². The summed E-state index contributed by atoms with van der Waals surface area (Å²) in [5, 5.41) is 8.12. The van der Waals surface area contributed by atoms with Crippen LogP contribution in [0.2, 0.25) is 5.02 Å². The number of carbonyl (C=O) groups is 1. The maximum atomic E-state index is 14.2. The number of hydrogen-bond acceptors (Lipinski definition) is 4. The summed E-state index contributed by atoms with van der Waals surface area (Å²) in [5.41, 5.74) is 0.505. The van der Waals surface area contributed by atoms with E-state index in [1.54, 1.807) is 32.9 Å². The second kappa shape index (κ2) is 6.95. The van der Waals surface area contributed by atoms with Gasteiger partial charge in [-0.25, -0.2) is 13.6 Å². The van der Waals surface area contributed by atoms with Crippen molar-refractivity contribution in [3.8, 4) is 0 Å². The highest BCUT2D eigenvalue weighted by Crippen LogP contribution is 2.29. The molecular weight excluding hydrogens is 364 g/mol. The predicted octanol–water partition coefficient (Wildman–Crippen LogP) is 4.38. The minimum atomic E-state index is -1.16. The highest BCUT2D eigenvalue weighted by atomic mass is 35.5. The van der Waals surface area contributed by atoms with Gasteiger partial charge in [0, 0.05) is 18.4 Å². The Morgan fingerprint density at radius 2 is 2.08 bits per heavy atom. The van der Waals surface area contributed by atoms with Crippen LogP contribution in [0.25, 0.3) is 0 Å². The largest absolute Gasteiger partial charge is 0.444 e. The van der Waals surface area contributed by atoms with Crippen molar-refractivity contribution in [2.45, 2.75) is 51.4 Å². The summed E-state index contributed by atoms with van der Waals surface area (Å²) in [6, 6.07) is 4.09. The van der Waals surface area contributed by atoms with Crippen molar-refractivity contribution in [3.05, 3.63) is 34.6 Å². The zero-order valence-electron chi connectivity index (χ0n) is 14.8. The van der Waals surface area contributed by atoms with Crippen LogP contribution in [0.5, 0.6) is 0 Å². The van der Waals surface area contributed by atoms with Crippen LogP contribution in [-0.2, 0) is 4.74 Å². The summed E-state index contributed by atoms with van der Waals surface area (Å²) in [6.45, 7) is 5.19. The summed E-state index contributed by atoms with van der Waals surface area (Å²) in [4.78, 5) is 13.7. The van der Waals surface area contributed by atoms with E-state index in [0.717, 1.165) is 0 Å². The molecule has 26 heavy (non-hydrogen) atoms. The molecule has 0 saturated carbocycles. The van der Waals surface area contributed by atoms with Crippen LogP contribution in [0.15, 0.2) is 28.4 Å². The normalized spacial score (nSPS) is 23.1. The average Bonchev–Trinajstić information content (AvgIpc) is 3.14. The number of ether oxygens (including phenoxy) is 1. The van der Waals surface area contributed by atoms with Crippen molar-refractivity contribution >= 4 is 29.1 Å². The molecule has 0 radical (unpaired) electrons. The summed E-state index contributed by atoms with van der Waals surface area (Å²) in [6.07, 6.45) is -1.40. The van der Waals surface area contributed by atoms with Crippen molar-refractivity contribution in [1.82, 2.24) is 4.90 Å². The molecule has 5 nitrogen and oxygen atoms in total. The molecule has 0 aliphatic carbocycles. The van der Waals surface area contributed by atoms with E-state index < -0.39 is 29.7 Å². The summed E-state index contributed by atoms with van der Waals surface area (Å²) in [7, 11) is 0. The van der Waals surface area contributed by atoms with Crippen LogP contribution in [0.3, 0.4) is 0 Å². The molecule has 2 aliphatic rings. The summed E-state index contributed by atoms with van der Waals surface area (Å²) >= 11 is 5.81. The molecule has 0 bridgehead atoms. The summed E-state index contributed by atoms with van der Waals surface area (Å²) in [5.74, 6) is -0.567. The fourth-order valence-corrected chi connectivity index (χ4v) is 3.22. The number of alkyl halides is 1. The van der Waals surface area contributed by atoms with Crippen molar-refractivity contribution in [2.75, 3.05) is 6.54 Å². The highest BCUT2D eigenvalue weighted by molar-refractivity contribution is 6.31. The lowest BCUT2D eigenvalue weighted by molar-refractivity contribution is 0.0256. The average molecular weight is 384 g/mol. The molecule has 140 valence electrons. The van der Waals surface area contributed by atoms with E-state index in [1.165, 1.54) is 11.0 Å². The number of nitrogens with zero attached hydrogens (tertiary/aromatic N) is 3. The van der Waals surface area contributed by atoms with Gasteiger partial charge in [0.2, 0.25) is 0 Å². The van der Waals surface area contributed by atoms with E-state index in [-0.39, 0.29) is 30.0 Å². The second-order valence-corrected chi connectivity index (χ2v) is 7.80. The standard InChI is InChI=1S/C18H20ClF2N3O2/c1-18(2,3)26-17(25)24-9-10(20)7-15(24)14-8-13(22-23-14)11-5-4-6-12(19)16(11)21/h4-6,10,15H,7-9H2,1-3H3/t10-,15-/m1/s1. The highest BCUT2D eigenvalue weighted by Gasteiger charge is 2.41. The lowest BCUT2D eigenvalue weighted by Gasteiger charge is -2.28. The first-order valence-electron chi connectivity index (χ1n) is 8.37. The Morgan fingerprint density at radius 3 is 2.77 bits per heavy atom. The molecule has 1 saturated heterocycles. The zero-order valence-corrected chi connectivity index (χ0v) is 15.6. The number of likely N-dealkylation sites (tertiary alicyclic amines) is 1. The Labute approximate surface area is 155 Å². The molecule has 2 atom stereocenters. The first-order chi connectivity index (χ1) is 12.2. The molecule has 0 aromatic heterocycles. The Bertz CT molecular complexity index is 789. The SMILES string of the molecule is CC(C)(C)OC(=O)N1C[C@H](F)C[C@@H]1C1=NN=C(c2cccc(Cl)c2F)C1. The number of hydrogen-bond donors (Lipinski definition) is 0. The Hall–Kier alpha value is -2.02. The second-order valence-electron chi connectivity index (χ2n) is 7.40. The van der Waals surface area contributed by atoms with Gasteiger partial charge in [-0.2, -0.15) is 10.2 Å². The molecule has 3 rings (SSSR count).